The minimum atomic E-state index is -0.346. The number of carbonyl (C=O) groups is 1. The monoisotopic (exact) mass is 362 g/mol. The summed E-state index contributed by atoms with van der Waals surface area (Å²) in [6.07, 6.45) is 0.183. The molecule has 0 bridgehead atoms. The van der Waals surface area contributed by atoms with Crippen LogP contribution >= 0.6 is 0 Å². The molecule has 0 fully saturated rings. The second-order valence-electron chi connectivity index (χ2n) is 6.30. The fraction of sp³-hybridized carbons (Fsp3) is 0.190. The standard InChI is InChI=1S/C21H18N2O4/c1-13-10-18(14(2)26-13)21-23-22-19(27-21)12-25-20(24)11-16-8-5-7-15-6-3-4-9-17(15)16/h3-10H,11-12H2,1-2H3. The summed E-state index contributed by atoms with van der Waals surface area (Å²) in [5.74, 6) is 1.72. The molecule has 0 saturated carbocycles. The Labute approximate surface area is 155 Å². The van der Waals surface area contributed by atoms with Crippen LogP contribution in [0.15, 0.2) is 57.4 Å². The van der Waals surface area contributed by atoms with Crippen LogP contribution < -0.4 is 0 Å². The van der Waals surface area contributed by atoms with E-state index in [1.807, 2.05) is 62.4 Å². The molecule has 0 aliphatic carbocycles. The van der Waals surface area contributed by atoms with Crippen molar-refractivity contribution in [3.05, 3.63) is 71.5 Å². The van der Waals surface area contributed by atoms with Crippen molar-refractivity contribution in [3.63, 3.8) is 0 Å². The van der Waals surface area contributed by atoms with Gasteiger partial charge in [0.25, 0.3) is 11.8 Å². The number of aromatic nitrogens is 2. The number of carbonyl (C=O) groups excluding carboxylic acids is 1. The topological polar surface area (TPSA) is 78.4 Å². The maximum atomic E-state index is 12.2. The third kappa shape index (κ3) is 3.60. The molecule has 0 aliphatic rings. The van der Waals surface area contributed by atoms with Gasteiger partial charge in [-0.25, -0.2) is 0 Å². The maximum absolute atomic E-state index is 12.2. The summed E-state index contributed by atoms with van der Waals surface area (Å²) in [6, 6.07) is 15.7. The second kappa shape index (κ2) is 7.07. The molecule has 6 heteroatoms. The molecule has 0 amide bonds. The van der Waals surface area contributed by atoms with Crippen LogP contribution in [0.5, 0.6) is 0 Å². The zero-order valence-corrected chi connectivity index (χ0v) is 15.1. The maximum Gasteiger partial charge on any atom is 0.310 e. The molecule has 0 saturated heterocycles. The Morgan fingerprint density at radius 3 is 2.67 bits per heavy atom. The number of fused-ring (bicyclic) bond motifs is 1. The van der Waals surface area contributed by atoms with Gasteiger partial charge in [-0.1, -0.05) is 42.5 Å². The number of rotatable bonds is 5. The first-order valence-corrected chi connectivity index (χ1v) is 8.62. The predicted molar refractivity (Wildman–Crippen MR) is 98.9 cm³/mol. The number of hydrogen-bond donors (Lipinski definition) is 0. The largest absolute Gasteiger partial charge is 0.466 e. The van der Waals surface area contributed by atoms with Gasteiger partial charge in [-0.05, 0) is 36.2 Å². The number of furan rings is 1. The van der Waals surface area contributed by atoms with Crippen LogP contribution in [0.25, 0.3) is 22.2 Å². The van der Waals surface area contributed by atoms with Gasteiger partial charge in [-0.2, -0.15) is 0 Å². The van der Waals surface area contributed by atoms with E-state index in [2.05, 4.69) is 10.2 Å². The second-order valence-corrected chi connectivity index (χ2v) is 6.30. The Balaban J connectivity index is 1.42. The Morgan fingerprint density at radius 1 is 1.04 bits per heavy atom. The van der Waals surface area contributed by atoms with E-state index in [1.165, 1.54) is 0 Å². The van der Waals surface area contributed by atoms with Crippen LogP contribution in [0.2, 0.25) is 0 Å². The van der Waals surface area contributed by atoms with Crippen molar-refractivity contribution in [1.29, 1.82) is 0 Å². The van der Waals surface area contributed by atoms with Gasteiger partial charge in [0, 0.05) is 0 Å². The molecule has 0 unspecified atom stereocenters. The van der Waals surface area contributed by atoms with Crippen LogP contribution in [-0.2, 0) is 22.6 Å². The van der Waals surface area contributed by atoms with Gasteiger partial charge in [-0.15, -0.1) is 10.2 Å². The highest BCUT2D eigenvalue weighted by atomic mass is 16.5. The van der Waals surface area contributed by atoms with Crippen molar-refractivity contribution in [2.75, 3.05) is 0 Å². The lowest BCUT2D eigenvalue weighted by Gasteiger charge is -2.06. The normalized spacial score (nSPS) is 11.0. The van der Waals surface area contributed by atoms with Gasteiger partial charge >= 0.3 is 5.97 Å². The molecule has 0 aliphatic heterocycles. The number of benzene rings is 2. The molecule has 4 aromatic rings. The zero-order valence-electron chi connectivity index (χ0n) is 15.1. The number of hydrogen-bond acceptors (Lipinski definition) is 6. The molecule has 0 spiro atoms. The molecule has 136 valence electrons. The fourth-order valence-electron chi connectivity index (χ4n) is 3.06. The first kappa shape index (κ1) is 17.0. The predicted octanol–water partition coefficient (Wildman–Crippen LogP) is 4.39. The number of nitrogens with zero attached hydrogens (tertiary/aromatic N) is 2. The minimum absolute atomic E-state index is 0.0630. The third-order valence-electron chi connectivity index (χ3n) is 4.31. The summed E-state index contributed by atoms with van der Waals surface area (Å²) in [5, 5.41) is 10.1. The summed E-state index contributed by atoms with van der Waals surface area (Å²) in [6.45, 7) is 3.62. The van der Waals surface area contributed by atoms with Gasteiger partial charge in [0.1, 0.15) is 11.5 Å². The SMILES string of the molecule is Cc1cc(-c2nnc(COC(=O)Cc3cccc4ccccc34)o2)c(C)o1. The van der Waals surface area contributed by atoms with Gasteiger partial charge in [0.15, 0.2) is 6.61 Å². The van der Waals surface area contributed by atoms with E-state index in [0.717, 1.165) is 27.7 Å². The highest BCUT2D eigenvalue weighted by Crippen LogP contribution is 2.25. The van der Waals surface area contributed by atoms with Crippen molar-refractivity contribution >= 4 is 16.7 Å². The summed E-state index contributed by atoms with van der Waals surface area (Å²) < 4.78 is 16.3. The highest BCUT2D eigenvalue weighted by Gasteiger charge is 2.16. The summed E-state index contributed by atoms with van der Waals surface area (Å²) in [4.78, 5) is 12.2. The van der Waals surface area contributed by atoms with Crippen molar-refractivity contribution in [2.45, 2.75) is 26.9 Å². The Bertz CT molecular complexity index is 1110. The Hall–Kier alpha value is -3.41. The molecular formula is C21H18N2O4. The first-order valence-electron chi connectivity index (χ1n) is 8.62. The Kier molecular flexibility index (Phi) is 4.46. The number of esters is 1. The molecule has 2 aromatic heterocycles. The van der Waals surface area contributed by atoms with E-state index in [1.54, 1.807) is 0 Å². The van der Waals surface area contributed by atoms with E-state index in [0.29, 0.717) is 11.7 Å². The molecule has 4 rings (SSSR count). The van der Waals surface area contributed by atoms with Crippen molar-refractivity contribution < 1.29 is 18.4 Å². The van der Waals surface area contributed by atoms with Crippen LogP contribution in [0, 0.1) is 13.8 Å². The van der Waals surface area contributed by atoms with E-state index >= 15 is 0 Å². The number of aryl methyl sites for hydroxylation is 2. The molecule has 2 aromatic carbocycles. The van der Waals surface area contributed by atoms with Gasteiger partial charge in [0.2, 0.25) is 0 Å². The van der Waals surface area contributed by atoms with Gasteiger partial charge in [0.05, 0.1) is 12.0 Å². The van der Waals surface area contributed by atoms with Crippen molar-refractivity contribution in [2.24, 2.45) is 0 Å². The van der Waals surface area contributed by atoms with E-state index in [-0.39, 0.29) is 24.9 Å². The van der Waals surface area contributed by atoms with Crippen molar-refractivity contribution in [3.8, 4) is 11.5 Å². The van der Waals surface area contributed by atoms with Crippen molar-refractivity contribution in [1.82, 2.24) is 10.2 Å². The zero-order chi connectivity index (χ0) is 18.8. The van der Waals surface area contributed by atoms with Crippen LogP contribution in [0.3, 0.4) is 0 Å². The van der Waals surface area contributed by atoms with Gasteiger partial charge < -0.3 is 13.6 Å². The van der Waals surface area contributed by atoms with Crippen LogP contribution in [-0.4, -0.2) is 16.2 Å². The summed E-state index contributed by atoms with van der Waals surface area (Å²) in [5.41, 5.74) is 1.67. The highest BCUT2D eigenvalue weighted by molar-refractivity contribution is 5.88. The lowest BCUT2D eigenvalue weighted by molar-refractivity contribution is -0.144. The molecule has 0 N–H and O–H groups in total. The average Bonchev–Trinajstić information content (AvgIpc) is 3.26. The summed E-state index contributed by atoms with van der Waals surface area (Å²) in [7, 11) is 0. The molecule has 0 radical (unpaired) electrons. The third-order valence-corrected chi connectivity index (χ3v) is 4.31. The molecule has 0 atom stereocenters. The fourth-order valence-corrected chi connectivity index (χ4v) is 3.06. The first-order chi connectivity index (χ1) is 13.1. The molecule has 2 heterocycles. The van der Waals surface area contributed by atoms with E-state index in [4.69, 9.17) is 13.6 Å². The minimum Gasteiger partial charge on any atom is -0.466 e. The van der Waals surface area contributed by atoms with Gasteiger partial charge in [-0.3, -0.25) is 4.79 Å². The molecule has 27 heavy (non-hydrogen) atoms. The van der Waals surface area contributed by atoms with E-state index in [9.17, 15) is 4.79 Å². The molecule has 6 nitrogen and oxygen atoms in total. The number of ether oxygens (including phenoxy) is 1. The summed E-state index contributed by atoms with van der Waals surface area (Å²) >= 11 is 0. The van der Waals surface area contributed by atoms with Crippen LogP contribution in [0.1, 0.15) is 23.0 Å². The Morgan fingerprint density at radius 2 is 1.85 bits per heavy atom. The lowest BCUT2D eigenvalue weighted by atomic mass is 10.0. The average molecular weight is 362 g/mol. The lowest BCUT2D eigenvalue weighted by Crippen LogP contribution is -2.08. The van der Waals surface area contributed by atoms with Crippen LogP contribution in [0.4, 0.5) is 0 Å². The van der Waals surface area contributed by atoms with E-state index < -0.39 is 0 Å². The quantitative estimate of drug-likeness (QED) is 0.490. The smallest absolute Gasteiger partial charge is 0.310 e. The molecular weight excluding hydrogens is 344 g/mol.